The SMILES string of the molecule is CC[O][Hf]([I])([I])[O]CC. The first-order chi connectivity index (χ1) is 4.12. The third kappa shape index (κ3) is 6.64. The molecule has 0 bridgehead atoms. The minimum absolute atomic E-state index is 0.785. The molecule has 0 atom stereocenters. The van der Waals surface area contributed by atoms with E-state index in [4.69, 9.17) is 5.71 Å². The van der Waals surface area contributed by atoms with E-state index >= 15 is 0 Å². The van der Waals surface area contributed by atoms with E-state index in [1.54, 1.807) is 0 Å². The Labute approximate surface area is 80.1 Å². The second kappa shape index (κ2) is 5.84. The van der Waals surface area contributed by atoms with Gasteiger partial charge in [0.1, 0.15) is 0 Å². The summed E-state index contributed by atoms with van der Waals surface area (Å²) in [6.07, 6.45) is 0. The fourth-order valence-electron chi connectivity index (χ4n) is 0.378. The molecule has 0 amide bonds. The van der Waals surface area contributed by atoms with E-state index in [0.29, 0.717) is 0 Å². The Morgan fingerprint density at radius 2 is 1.44 bits per heavy atom. The van der Waals surface area contributed by atoms with Gasteiger partial charge in [0.15, 0.2) is 0 Å². The first-order valence-corrected chi connectivity index (χ1v) is 26.1. The summed E-state index contributed by atoms with van der Waals surface area (Å²) in [5, 5.41) is 0. The minimum atomic E-state index is -2.55. The van der Waals surface area contributed by atoms with Crippen LogP contribution < -0.4 is 0 Å². The molecule has 0 aliphatic carbocycles. The molecule has 2 nitrogen and oxygen atoms in total. The summed E-state index contributed by atoms with van der Waals surface area (Å²) < 4.78 is 10.9. The Morgan fingerprint density at radius 1 is 1.11 bits per heavy atom. The molecule has 0 saturated heterocycles. The summed E-state index contributed by atoms with van der Waals surface area (Å²) in [5.74, 6) is 0. The zero-order chi connectivity index (χ0) is 7.33. The molecular weight excluding hydrogens is 512 g/mol. The van der Waals surface area contributed by atoms with Crippen LogP contribution >= 0.6 is 36.3 Å². The molecule has 0 aromatic rings. The van der Waals surface area contributed by atoms with Crippen molar-refractivity contribution in [3.63, 3.8) is 0 Å². The van der Waals surface area contributed by atoms with Gasteiger partial charge in [0, 0.05) is 0 Å². The van der Waals surface area contributed by atoms with Crippen molar-refractivity contribution in [2.24, 2.45) is 0 Å². The zero-order valence-electron chi connectivity index (χ0n) is 5.49. The predicted molar refractivity (Wildman–Crippen MR) is 51.3 cm³/mol. The third-order valence-corrected chi connectivity index (χ3v) is 15.3. The van der Waals surface area contributed by atoms with Crippen molar-refractivity contribution in [2.45, 2.75) is 13.8 Å². The molecular formula is C4H10HfI2O2. The normalized spacial score (nSPS) is 12.0. The van der Waals surface area contributed by atoms with Crippen molar-refractivity contribution < 1.29 is 18.2 Å². The molecule has 0 radical (unpaired) electrons. The van der Waals surface area contributed by atoms with Crippen molar-refractivity contribution in [1.29, 1.82) is 0 Å². The number of hydrogen-bond donors (Lipinski definition) is 0. The Bertz CT molecular complexity index is 71.0. The van der Waals surface area contributed by atoms with Crippen LogP contribution in [-0.2, 0) is 18.2 Å². The number of hydrogen-bond acceptors (Lipinski definition) is 2. The monoisotopic (exact) mass is 524 g/mol. The first kappa shape index (κ1) is 11.3. The quantitative estimate of drug-likeness (QED) is 0.418. The van der Waals surface area contributed by atoms with Gasteiger partial charge in [-0.3, -0.25) is 0 Å². The number of halogens is 2. The van der Waals surface area contributed by atoms with Crippen LogP contribution in [0.5, 0.6) is 0 Å². The van der Waals surface area contributed by atoms with E-state index in [2.05, 4.69) is 36.3 Å². The summed E-state index contributed by atoms with van der Waals surface area (Å²) in [4.78, 5) is 0. The van der Waals surface area contributed by atoms with Gasteiger partial charge in [-0.1, -0.05) is 0 Å². The Hall–Kier alpha value is 2.25. The van der Waals surface area contributed by atoms with Gasteiger partial charge in [0.25, 0.3) is 0 Å². The van der Waals surface area contributed by atoms with Gasteiger partial charge in [-0.15, -0.1) is 0 Å². The second-order valence-corrected chi connectivity index (χ2v) is 46.9. The maximum atomic E-state index is 5.44. The van der Waals surface area contributed by atoms with Crippen molar-refractivity contribution in [3.8, 4) is 0 Å². The van der Waals surface area contributed by atoms with Crippen molar-refractivity contribution in [1.82, 2.24) is 0 Å². The maximum absolute atomic E-state index is 5.44. The van der Waals surface area contributed by atoms with Crippen molar-refractivity contribution >= 4 is 36.3 Å². The van der Waals surface area contributed by atoms with Gasteiger partial charge >= 0.3 is 81.6 Å². The molecule has 0 fully saturated rings. The first-order valence-electron chi connectivity index (χ1n) is 2.78. The predicted octanol–water partition coefficient (Wildman–Crippen LogP) is 2.74. The van der Waals surface area contributed by atoms with E-state index in [-0.39, 0.29) is 0 Å². The van der Waals surface area contributed by atoms with Crippen LogP contribution in [-0.4, -0.2) is 13.2 Å². The summed E-state index contributed by atoms with van der Waals surface area (Å²) in [6, 6.07) is 0. The Balaban J connectivity index is 3.43. The van der Waals surface area contributed by atoms with E-state index in [1.807, 2.05) is 13.8 Å². The third-order valence-electron chi connectivity index (χ3n) is 0.625. The van der Waals surface area contributed by atoms with E-state index in [1.165, 1.54) is 0 Å². The molecule has 0 heterocycles. The molecule has 0 aliphatic rings. The molecule has 9 heavy (non-hydrogen) atoms. The van der Waals surface area contributed by atoms with E-state index < -0.39 is 12.5 Å². The summed E-state index contributed by atoms with van der Waals surface area (Å²) >= 11 is 2.13. The fraction of sp³-hybridized carbons (Fsp3) is 1.00. The molecule has 0 aliphatic heterocycles. The van der Waals surface area contributed by atoms with Gasteiger partial charge in [0.05, 0.1) is 0 Å². The molecule has 56 valence electrons. The Kier molecular flexibility index (Phi) is 7.31. The van der Waals surface area contributed by atoms with Gasteiger partial charge in [-0.05, 0) is 0 Å². The number of rotatable bonds is 4. The Morgan fingerprint density at radius 3 is 1.67 bits per heavy atom. The van der Waals surface area contributed by atoms with Crippen LogP contribution in [0.1, 0.15) is 13.8 Å². The summed E-state index contributed by atoms with van der Waals surface area (Å²) in [5.41, 5.74) is 0. The second-order valence-electron chi connectivity index (χ2n) is 1.33. The van der Waals surface area contributed by atoms with E-state index in [0.717, 1.165) is 13.2 Å². The van der Waals surface area contributed by atoms with Crippen LogP contribution in [0.2, 0.25) is 0 Å². The van der Waals surface area contributed by atoms with Crippen LogP contribution in [0, 0.1) is 0 Å². The van der Waals surface area contributed by atoms with Crippen molar-refractivity contribution in [2.75, 3.05) is 13.2 Å². The molecule has 0 unspecified atom stereocenters. The molecule has 0 N–H and O–H groups in total. The fourth-order valence-corrected chi connectivity index (χ4v) is 13.3. The topological polar surface area (TPSA) is 18.5 Å². The van der Waals surface area contributed by atoms with Crippen LogP contribution in [0.25, 0.3) is 0 Å². The van der Waals surface area contributed by atoms with Gasteiger partial charge in [-0.25, -0.2) is 0 Å². The van der Waals surface area contributed by atoms with Gasteiger partial charge in [-0.2, -0.15) is 0 Å². The summed E-state index contributed by atoms with van der Waals surface area (Å²) in [7, 11) is 0. The van der Waals surface area contributed by atoms with Crippen LogP contribution in [0.4, 0.5) is 0 Å². The van der Waals surface area contributed by atoms with Crippen LogP contribution in [0.15, 0.2) is 0 Å². The van der Waals surface area contributed by atoms with Crippen LogP contribution in [0.3, 0.4) is 0 Å². The van der Waals surface area contributed by atoms with Gasteiger partial charge in [0.2, 0.25) is 0 Å². The zero-order valence-corrected chi connectivity index (χ0v) is 13.4. The molecule has 0 spiro atoms. The average Bonchev–Trinajstić information content (AvgIpc) is 1.64. The molecule has 5 heteroatoms. The molecule has 0 saturated carbocycles. The molecule has 0 aromatic heterocycles. The average molecular weight is 522 g/mol. The summed E-state index contributed by atoms with van der Waals surface area (Å²) in [6.45, 7) is 5.58. The van der Waals surface area contributed by atoms with Gasteiger partial charge < -0.3 is 0 Å². The standard InChI is InChI=1S/2C2H5O.Hf.2HI/c2*1-2-3;;;/h2*2H2,1H3;;2*1H/q2*-1;+4;;/p-2. The molecule has 0 rings (SSSR count). The van der Waals surface area contributed by atoms with E-state index in [9.17, 15) is 0 Å². The molecule has 0 aromatic carbocycles. The van der Waals surface area contributed by atoms with Crippen molar-refractivity contribution in [3.05, 3.63) is 0 Å².